The molecule has 0 radical (unpaired) electrons. The molecule has 0 aromatic carbocycles. The number of aliphatic hydroxyl groups excluding tert-OH is 5. The summed E-state index contributed by atoms with van der Waals surface area (Å²) in [7, 11) is 0. The van der Waals surface area contributed by atoms with Crippen LogP contribution < -0.4 is 5.32 Å². The Kier molecular flexibility index (Phi) is 31.9. The maximum atomic E-state index is 12.9. The van der Waals surface area contributed by atoms with Crippen molar-refractivity contribution in [2.45, 2.75) is 249 Å². The van der Waals surface area contributed by atoms with Gasteiger partial charge in [-0.2, -0.15) is 0 Å². The lowest BCUT2D eigenvalue weighted by atomic mass is 9.99. The van der Waals surface area contributed by atoms with E-state index in [1.54, 1.807) is 0 Å². The van der Waals surface area contributed by atoms with Gasteiger partial charge in [0.15, 0.2) is 6.29 Å². The molecule has 1 aliphatic heterocycles. The lowest BCUT2D eigenvalue weighted by Gasteiger charge is -2.40. The highest BCUT2D eigenvalue weighted by molar-refractivity contribution is 5.76. The van der Waals surface area contributed by atoms with E-state index in [4.69, 9.17) is 9.47 Å². The third-order valence-corrected chi connectivity index (χ3v) is 10.7. The Bertz CT molecular complexity index is 771. The SMILES string of the molecule is CCCCCCCCCCCCCCCCC(=O)NC(COC1OC(CO)C(O)C(O)C1O)C(O)CCCCCCCCCCCCCCCC. The van der Waals surface area contributed by atoms with Crippen LogP contribution in [-0.2, 0) is 14.3 Å². The predicted octanol–water partition coefficient (Wildman–Crippen LogP) is 8.39. The largest absolute Gasteiger partial charge is 0.394 e. The molecular formula is C42H83NO8. The monoisotopic (exact) mass is 730 g/mol. The van der Waals surface area contributed by atoms with Crippen molar-refractivity contribution in [3.63, 3.8) is 0 Å². The van der Waals surface area contributed by atoms with Crippen LogP contribution in [0.2, 0.25) is 0 Å². The summed E-state index contributed by atoms with van der Waals surface area (Å²) in [5, 5.41) is 54.2. The number of carbonyl (C=O) groups is 1. The second-order valence-corrected chi connectivity index (χ2v) is 15.5. The molecule has 6 N–H and O–H groups in total. The normalized spacial score (nSPS) is 21.9. The van der Waals surface area contributed by atoms with E-state index in [1.165, 1.54) is 141 Å². The van der Waals surface area contributed by atoms with E-state index in [0.717, 1.165) is 38.5 Å². The molecule has 9 nitrogen and oxygen atoms in total. The van der Waals surface area contributed by atoms with Crippen molar-refractivity contribution in [1.82, 2.24) is 5.32 Å². The lowest BCUT2D eigenvalue weighted by molar-refractivity contribution is -0.302. The molecule has 304 valence electrons. The van der Waals surface area contributed by atoms with Gasteiger partial charge >= 0.3 is 0 Å². The maximum absolute atomic E-state index is 12.9. The fourth-order valence-corrected chi connectivity index (χ4v) is 7.16. The van der Waals surface area contributed by atoms with Crippen molar-refractivity contribution in [2.75, 3.05) is 13.2 Å². The second-order valence-electron chi connectivity index (χ2n) is 15.5. The molecule has 51 heavy (non-hydrogen) atoms. The molecule has 0 aromatic rings. The summed E-state index contributed by atoms with van der Waals surface area (Å²) in [6.45, 7) is 3.83. The zero-order valence-corrected chi connectivity index (χ0v) is 33.1. The quantitative estimate of drug-likeness (QED) is 0.0353. The van der Waals surface area contributed by atoms with Crippen LogP contribution in [-0.4, -0.2) is 87.5 Å². The molecule has 1 saturated heterocycles. The number of nitrogens with one attached hydrogen (secondary N) is 1. The van der Waals surface area contributed by atoms with E-state index in [0.29, 0.717) is 12.8 Å². The van der Waals surface area contributed by atoms with Crippen LogP contribution in [0.25, 0.3) is 0 Å². The topological polar surface area (TPSA) is 149 Å². The van der Waals surface area contributed by atoms with Gasteiger partial charge in [-0.05, 0) is 12.8 Å². The Morgan fingerprint density at radius 1 is 0.588 bits per heavy atom. The van der Waals surface area contributed by atoms with Crippen molar-refractivity contribution in [2.24, 2.45) is 0 Å². The number of ether oxygens (including phenoxy) is 2. The number of amides is 1. The maximum Gasteiger partial charge on any atom is 0.220 e. The second kappa shape index (κ2) is 33.7. The van der Waals surface area contributed by atoms with Crippen LogP contribution in [0.5, 0.6) is 0 Å². The van der Waals surface area contributed by atoms with Gasteiger partial charge in [0.2, 0.25) is 5.91 Å². The van der Waals surface area contributed by atoms with Crippen LogP contribution in [0.4, 0.5) is 0 Å². The number of carbonyl (C=O) groups excluding carboxylic acids is 1. The van der Waals surface area contributed by atoms with Crippen LogP contribution in [0.15, 0.2) is 0 Å². The molecule has 0 saturated carbocycles. The first-order valence-electron chi connectivity index (χ1n) is 21.7. The summed E-state index contributed by atoms with van der Waals surface area (Å²) >= 11 is 0. The minimum atomic E-state index is -1.55. The van der Waals surface area contributed by atoms with E-state index >= 15 is 0 Å². The summed E-state index contributed by atoms with van der Waals surface area (Å²) in [4.78, 5) is 12.9. The highest BCUT2D eigenvalue weighted by Gasteiger charge is 2.44. The van der Waals surface area contributed by atoms with Crippen LogP contribution >= 0.6 is 0 Å². The van der Waals surface area contributed by atoms with E-state index in [1.807, 2.05) is 0 Å². The molecule has 1 aliphatic rings. The summed E-state index contributed by atoms with van der Waals surface area (Å²) in [6, 6.07) is -0.710. The Labute approximate surface area is 313 Å². The van der Waals surface area contributed by atoms with Gasteiger partial charge in [0.05, 0.1) is 25.4 Å². The molecule has 1 heterocycles. The van der Waals surface area contributed by atoms with E-state index in [2.05, 4.69) is 19.2 Å². The smallest absolute Gasteiger partial charge is 0.220 e. The van der Waals surface area contributed by atoms with E-state index in [-0.39, 0.29) is 12.5 Å². The molecule has 1 fully saturated rings. The number of hydrogen-bond donors (Lipinski definition) is 6. The highest BCUT2D eigenvalue weighted by Crippen LogP contribution is 2.23. The number of unbranched alkanes of at least 4 members (excludes halogenated alkanes) is 26. The molecule has 0 bridgehead atoms. The van der Waals surface area contributed by atoms with Gasteiger partial charge in [-0.1, -0.05) is 187 Å². The minimum absolute atomic E-state index is 0.132. The van der Waals surface area contributed by atoms with Crippen LogP contribution in [0, 0.1) is 0 Å². The molecule has 1 rings (SSSR count). The minimum Gasteiger partial charge on any atom is -0.394 e. The van der Waals surface area contributed by atoms with E-state index in [9.17, 15) is 30.3 Å². The Morgan fingerprint density at radius 3 is 1.39 bits per heavy atom. The fourth-order valence-electron chi connectivity index (χ4n) is 7.16. The standard InChI is InChI=1S/C42H83NO8/c1-3-5-7-9-11-13-15-17-19-21-23-25-27-29-31-36(45)35(34-50-42-41(49)40(48)39(47)37(33-44)51-42)43-38(46)32-30-28-26-24-22-20-18-16-14-12-10-8-6-4-2/h35-37,39-42,44-45,47-49H,3-34H2,1-2H3,(H,43,46). The summed E-state index contributed by atoms with van der Waals surface area (Å²) in [5.74, 6) is -0.142. The number of rotatable bonds is 36. The Balaban J connectivity index is 2.35. The third-order valence-electron chi connectivity index (χ3n) is 10.7. The number of aliphatic hydroxyl groups is 5. The van der Waals surface area contributed by atoms with Crippen molar-refractivity contribution in [3.05, 3.63) is 0 Å². The number of hydrogen-bond acceptors (Lipinski definition) is 8. The van der Waals surface area contributed by atoms with Gasteiger partial charge in [-0.25, -0.2) is 0 Å². The molecule has 1 amide bonds. The molecule has 7 atom stereocenters. The zero-order chi connectivity index (χ0) is 37.4. The van der Waals surface area contributed by atoms with Crippen LogP contribution in [0.1, 0.15) is 206 Å². The molecule has 0 aromatic heterocycles. The van der Waals surface area contributed by atoms with Gasteiger partial charge < -0.3 is 40.3 Å². The van der Waals surface area contributed by atoms with Gasteiger partial charge in [-0.15, -0.1) is 0 Å². The molecule has 9 heteroatoms. The third kappa shape index (κ3) is 25.0. The molecular weight excluding hydrogens is 646 g/mol. The van der Waals surface area contributed by atoms with E-state index < -0.39 is 49.5 Å². The first-order chi connectivity index (χ1) is 24.8. The zero-order valence-electron chi connectivity index (χ0n) is 33.1. The average molecular weight is 730 g/mol. The Hall–Kier alpha value is -0.810. The van der Waals surface area contributed by atoms with Gasteiger partial charge in [-0.3, -0.25) is 4.79 Å². The first kappa shape index (κ1) is 48.2. The van der Waals surface area contributed by atoms with Gasteiger partial charge in [0.1, 0.15) is 24.4 Å². The van der Waals surface area contributed by atoms with Crippen molar-refractivity contribution >= 4 is 5.91 Å². The van der Waals surface area contributed by atoms with Gasteiger partial charge in [0, 0.05) is 6.42 Å². The van der Waals surface area contributed by atoms with Crippen molar-refractivity contribution in [3.8, 4) is 0 Å². The summed E-state index contributed by atoms with van der Waals surface area (Å²) < 4.78 is 11.2. The van der Waals surface area contributed by atoms with Crippen molar-refractivity contribution in [1.29, 1.82) is 0 Å². The average Bonchev–Trinajstić information content (AvgIpc) is 3.13. The fraction of sp³-hybridized carbons (Fsp3) is 0.976. The van der Waals surface area contributed by atoms with Gasteiger partial charge in [0.25, 0.3) is 0 Å². The summed E-state index contributed by atoms with van der Waals surface area (Å²) in [5.41, 5.74) is 0. The molecule has 7 unspecified atom stereocenters. The lowest BCUT2D eigenvalue weighted by Crippen LogP contribution is -2.60. The van der Waals surface area contributed by atoms with Crippen LogP contribution in [0.3, 0.4) is 0 Å². The molecule has 0 spiro atoms. The Morgan fingerprint density at radius 2 is 0.980 bits per heavy atom. The first-order valence-corrected chi connectivity index (χ1v) is 21.7. The summed E-state index contributed by atoms with van der Waals surface area (Å²) in [6.07, 6.45) is 28.1. The molecule has 0 aliphatic carbocycles. The highest BCUT2D eigenvalue weighted by atomic mass is 16.7. The predicted molar refractivity (Wildman–Crippen MR) is 208 cm³/mol. The van der Waals surface area contributed by atoms with Crippen molar-refractivity contribution < 1.29 is 39.8 Å².